The van der Waals surface area contributed by atoms with Crippen LogP contribution in [0.5, 0.6) is 0 Å². The number of likely N-dealkylation sites (N-methyl/N-ethyl adjacent to an activating group) is 1. The van der Waals surface area contributed by atoms with Gasteiger partial charge in [0.2, 0.25) is 11.8 Å². The van der Waals surface area contributed by atoms with Crippen LogP contribution < -0.4 is 11.1 Å². The van der Waals surface area contributed by atoms with Gasteiger partial charge in [0.15, 0.2) is 0 Å². The zero-order valence-corrected chi connectivity index (χ0v) is 15.2. The SMILES string of the molecule is CCN(CC(=O)NCc1ccc(F)cc1)C(=O)[C@@H](N)CC(C)C.Cl. The summed E-state index contributed by atoms with van der Waals surface area (Å²) in [6.45, 7) is 6.50. The Labute approximate surface area is 149 Å². The Kier molecular flexibility index (Phi) is 10.2. The number of carbonyl (C=O) groups excluding carboxylic acids is 2. The Morgan fingerprint density at radius 1 is 1.25 bits per heavy atom. The van der Waals surface area contributed by atoms with E-state index in [0.717, 1.165) is 5.56 Å². The van der Waals surface area contributed by atoms with Gasteiger partial charge >= 0.3 is 0 Å². The molecule has 1 atom stereocenters. The highest BCUT2D eigenvalue weighted by Crippen LogP contribution is 2.06. The molecule has 24 heavy (non-hydrogen) atoms. The van der Waals surface area contributed by atoms with Crippen molar-refractivity contribution in [3.05, 3.63) is 35.6 Å². The van der Waals surface area contributed by atoms with Crippen molar-refractivity contribution < 1.29 is 14.0 Å². The van der Waals surface area contributed by atoms with Crippen LogP contribution in [0.25, 0.3) is 0 Å². The third-order valence-electron chi connectivity index (χ3n) is 3.47. The van der Waals surface area contributed by atoms with Crippen molar-refractivity contribution in [3.63, 3.8) is 0 Å². The Morgan fingerprint density at radius 2 is 1.83 bits per heavy atom. The van der Waals surface area contributed by atoms with Crippen LogP contribution in [0.3, 0.4) is 0 Å². The molecule has 5 nitrogen and oxygen atoms in total. The van der Waals surface area contributed by atoms with Crippen molar-refractivity contribution in [2.24, 2.45) is 11.7 Å². The molecule has 1 aromatic rings. The standard InChI is InChI=1S/C17H26FN3O2.ClH/c1-4-21(17(23)15(19)9-12(2)3)11-16(22)20-10-13-5-7-14(18)8-6-13;/h5-8,12,15H,4,9-11,19H2,1-3H3,(H,20,22);1H/t15-;/m0./s1. The Hall–Kier alpha value is -1.66. The molecule has 0 aliphatic rings. The van der Waals surface area contributed by atoms with Crippen molar-refractivity contribution in [3.8, 4) is 0 Å². The van der Waals surface area contributed by atoms with Crippen molar-refractivity contribution in [2.45, 2.75) is 39.8 Å². The summed E-state index contributed by atoms with van der Waals surface area (Å²) in [7, 11) is 0. The molecule has 0 unspecified atom stereocenters. The summed E-state index contributed by atoms with van der Waals surface area (Å²) in [6, 6.07) is 5.32. The fourth-order valence-corrected chi connectivity index (χ4v) is 2.22. The normalized spacial score (nSPS) is 11.6. The zero-order valence-electron chi connectivity index (χ0n) is 14.4. The summed E-state index contributed by atoms with van der Waals surface area (Å²) in [5.41, 5.74) is 6.69. The maximum absolute atomic E-state index is 12.8. The predicted octanol–water partition coefficient (Wildman–Crippen LogP) is 2.09. The molecule has 136 valence electrons. The number of amides is 2. The van der Waals surface area contributed by atoms with Crippen LogP contribution in [-0.2, 0) is 16.1 Å². The third-order valence-corrected chi connectivity index (χ3v) is 3.47. The van der Waals surface area contributed by atoms with E-state index in [1.807, 2.05) is 20.8 Å². The van der Waals surface area contributed by atoms with Crippen LogP contribution in [0.4, 0.5) is 4.39 Å². The Balaban J connectivity index is 0.00000529. The lowest BCUT2D eigenvalue weighted by Gasteiger charge is -2.24. The van der Waals surface area contributed by atoms with E-state index in [9.17, 15) is 14.0 Å². The number of carbonyl (C=O) groups is 2. The van der Waals surface area contributed by atoms with Gasteiger partial charge in [-0.05, 0) is 37.0 Å². The quantitative estimate of drug-likeness (QED) is 0.746. The van der Waals surface area contributed by atoms with Crippen molar-refractivity contribution in [1.82, 2.24) is 10.2 Å². The molecule has 2 amide bonds. The number of hydrogen-bond donors (Lipinski definition) is 2. The predicted molar refractivity (Wildman–Crippen MR) is 95.2 cm³/mol. The van der Waals surface area contributed by atoms with Gasteiger partial charge in [0.05, 0.1) is 12.6 Å². The lowest BCUT2D eigenvalue weighted by atomic mass is 10.0. The molecule has 0 aromatic heterocycles. The molecular formula is C17H27ClFN3O2. The van der Waals surface area contributed by atoms with Gasteiger partial charge in [0, 0.05) is 13.1 Å². The smallest absolute Gasteiger partial charge is 0.239 e. The molecule has 0 bridgehead atoms. The van der Waals surface area contributed by atoms with E-state index in [1.54, 1.807) is 12.1 Å². The van der Waals surface area contributed by atoms with Crippen LogP contribution in [0.15, 0.2) is 24.3 Å². The van der Waals surface area contributed by atoms with Crippen molar-refractivity contribution >= 4 is 24.2 Å². The fraction of sp³-hybridized carbons (Fsp3) is 0.529. The molecular weight excluding hydrogens is 333 g/mol. The number of hydrogen-bond acceptors (Lipinski definition) is 3. The first-order chi connectivity index (χ1) is 10.8. The molecule has 1 aromatic carbocycles. The van der Waals surface area contributed by atoms with Crippen LogP contribution in [0.1, 0.15) is 32.8 Å². The van der Waals surface area contributed by atoms with E-state index < -0.39 is 6.04 Å². The maximum atomic E-state index is 12.8. The highest BCUT2D eigenvalue weighted by atomic mass is 35.5. The first-order valence-corrected chi connectivity index (χ1v) is 7.89. The molecule has 0 saturated heterocycles. The number of nitrogens with two attached hydrogens (primary N) is 1. The minimum Gasteiger partial charge on any atom is -0.350 e. The minimum absolute atomic E-state index is 0. The molecule has 7 heteroatoms. The van der Waals surface area contributed by atoms with Crippen molar-refractivity contribution in [2.75, 3.05) is 13.1 Å². The highest BCUT2D eigenvalue weighted by molar-refractivity contribution is 5.87. The molecule has 0 fully saturated rings. The summed E-state index contributed by atoms with van der Waals surface area (Å²) in [5, 5.41) is 2.72. The molecule has 0 saturated carbocycles. The van der Waals surface area contributed by atoms with Gasteiger partial charge in [-0.1, -0.05) is 26.0 Å². The second-order valence-corrected chi connectivity index (χ2v) is 5.99. The van der Waals surface area contributed by atoms with Gasteiger partial charge in [-0.15, -0.1) is 12.4 Å². The molecule has 0 aliphatic heterocycles. The molecule has 0 heterocycles. The third kappa shape index (κ3) is 7.75. The molecule has 0 spiro atoms. The Morgan fingerprint density at radius 3 is 2.33 bits per heavy atom. The van der Waals surface area contributed by atoms with Crippen LogP contribution >= 0.6 is 12.4 Å². The summed E-state index contributed by atoms with van der Waals surface area (Å²) in [6.07, 6.45) is 0.590. The summed E-state index contributed by atoms with van der Waals surface area (Å²) < 4.78 is 12.8. The maximum Gasteiger partial charge on any atom is 0.239 e. The molecule has 3 N–H and O–H groups in total. The second kappa shape index (κ2) is 11.0. The first-order valence-electron chi connectivity index (χ1n) is 7.89. The van der Waals surface area contributed by atoms with E-state index in [0.29, 0.717) is 25.4 Å². The number of halogens is 2. The number of nitrogens with zero attached hydrogens (tertiary/aromatic N) is 1. The monoisotopic (exact) mass is 359 g/mol. The van der Waals surface area contributed by atoms with Gasteiger partial charge in [-0.2, -0.15) is 0 Å². The number of nitrogens with one attached hydrogen (secondary N) is 1. The average molecular weight is 360 g/mol. The highest BCUT2D eigenvalue weighted by Gasteiger charge is 2.22. The van der Waals surface area contributed by atoms with Gasteiger partial charge in [0.1, 0.15) is 5.82 Å². The van der Waals surface area contributed by atoms with Crippen LogP contribution in [0, 0.1) is 11.7 Å². The lowest BCUT2D eigenvalue weighted by Crippen LogP contribution is -2.48. The van der Waals surface area contributed by atoms with Crippen molar-refractivity contribution in [1.29, 1.82) is 0 Å². The first kappa shape index (κ1) is 22.3. The Bertz CT molecular complexity index is 523. The van der Waals surface area contributed by atoms with E-state index in [2.05, 4.69) is 5.32 Å². The van der Waals surface area contributed by atoms with Crippen LogP contribution in [-0.4, -0.2) is 35.8 Å². The largest absolute Gasteiger partial charge is 0.350 e. The van der Waals surface area contributed by atoms with E-state index in [4.69, 9.17) is 5.73 Å². The number of rotatable bonds is 8. The van der Waals surface area contributed by atoms with Gasteiger partial charge in [0.25, 0.3) is 0 Å². The summed E-state index contributed by atoms with van der Waals surface area (Å²) in [5.74, 6) is -0.471. The number of benzene rings is 1. The van der Waals surface area contributed by atoms with E-state index in [-0.39, 0.29) is 36.6 Å². The van der Waals surface area contributed by atoms with Gasteiger partial charge in [-0.25, -0.2) is 4.39 Å². The fourth-order valence-electron chi connectivity index (χ4n) is 2.22. The minimum atomic E-state index is -0.583. The average Bonchev–Trinajstić information content (AvgIpc) is 2.50. The topological polar surface area (TPSA) is 75.4 Å². The van der Waals surface area contributed by atoms with E-state index in [1.165, 1.54) is 17.0 Å². The second-order valence-electron chi connectivity index (χ2n) is 5.99. The van der Waals surface area contributed by atoms with E-state index >= 15 is 0 Å². The van der Waals surface area contributed by atoms with Gasteiger partial charge < -0.3 is 16.0 Å². The van der Waals surface area contributed by atoms with Gasteiger partial charge in [-0.3, -0.25) is 9.59 Å². The van der Waals surface area contributed by atoms with Crippen LogP contribution in [0.2, 0.25) is 0 Å². The zero-order chi connectivity index (χ0) is 17.4. The summed E-state index contributed by atoms with van der Waals surface area (Å²) >= 11 is 0. The molecule has 0 aliphatic carbocycles. The molecule has 1 rings (SSSR count). The molecule has 0 radical (unpaired) electrons. The summed E-state index contributed by atoms with van der Waals surface area (Å²) in [4.78, 5) is 25.7. The lowest BCUT2D eigenvalue weighted by molar-refractivity contribution is -0.137.